The summed E-state index contributed by atoms with van der Waals surface area (Å²) in [5.74, 6) is 0.885. The van der Waals surface area contributed by atoms with Crippen LogP contribution in [0.25, 0.3) is 0 Å². The Balaban J connectivity index is 2.67. The summed E-state index contributed by atoms with van der Waals surface area (Å²) in [5, 5.41) is 0. The van der Waals surface area contributed by atoms with Crippen molar-refractivity contribution in [1.82, 2.24) is 0 Å². The Kier molecular flexibility index (Phi) is 5.96. The number of quaternary nitrogens is 1. The van der Waals surface area contributed by atoms with Crippen LogP contribution < -0.4 is 0 Å². The van der Waals surface area contributed by atoms with Crippen LogP contribution in [0.3, 0.4) is 0 Å². The normalized spacial score (nSPS) is 30.9. The molecule has 0 unspecified atom stereocenters. The summed E-state index contributed by atoms with van der Waals surface area (Å²) >= 11 is 0. The molecule has 0 aromatic carbocycles. The van der Waals surface area contributed by atoms with Gasteiger partial charge in [0.2, 0.25) is 0 Å². The summed E-state index contributed by atoms with van der Waals surface area (Å²) in [5.41, 5.74) is 0. The molecular formula is C12H28NO2Si+. The van der Waals surface area contributed by atoms with Crippen LogP contribution in [0.1, 0.15) is 39.5 Å². The number of unbranched alkanes of at least 4 members (excludes halogenated alkanes) is 1. The Morgan fingerprint density at radius 2 is 1.75 bits per heavy atom. The molecular weight excluding hydrogens is 218 g/mol. The molecule has 1 heterocycles. The van der Waals surface area contributed by atoms with Crippen molar-refractivity contribution >= 4 is 9.45 Å². The van der Waals surface area contributed by atoms with Gasteiger partial charge in [-0.15, -0.1) is 0 Å². The maximum Gasteiger partial charge on any atom is 0.586 e. The fourth-order valence-corrected chi connectivity index (χ4v) is 4.97. The molecule has 0 bridgehead atoms. The highest BCUT2D eigenvalue weighted by atomic mass is 28.3. The molecule has 1 rings (SSSR count). The fourth-order valence-electron chi connectivity index (χ4n) is 2.77. The van der Waals surface area contributed by atoms with Gasteiger partial charge >= 0.3 is 9.45 Å². The quantitative estimate of drug-likeness (QED) is 0.668. The van der Waals surface area contributed by atoms with Gasteiger partial charge in [0.05, 0.1) is 19.6 Å². The van der Waals surface area contributed by atoms with E-state index in [4.69, 9.17) is 8.85 Å². The second kappa shape index (κ2) is 6.74. The van der Waals surface area contributed by atoms with Gasteiger partial charge in [0.15, 0.2) is 0 Å². The predicted octanol–water partition coefficient (Wildman–Crippen LogP) is 2.04. The summed E-state index contributed by atoms with van der Waals surface area (Å²) in [6.45, 7) is 8.41. The van der Waals surface area contributed by atoms with E-state index in [2.05, 4.69) is 13.8 Å². The molecule has 0 saturated carbocycles. The summed E-state index contributed by atoms with van der Waals surface area (Å²) < 4.78 is 12.5. The molecule has 0 aromatic rings. The summed E-state index contributed by atoms with van der Waals surface area (Å²) in [7, 11) is 2.12. The lowest BCUT2D eigenvalue weighted by molar-refractivity contribution is -0.849. The predicted molar refractivity (Wildman–Crippen MR) is 69.3 cm³/mol. The van der Waals surface area contributed by atoms with Crippen LogP contribution in [0, 0.1) is 5.92 Å². The lowest BCUT2D eigenvalue weighted by atomic mass is 9.99. The van der Waals surface area contributed by atoms with Crippen molar-refractivity contribution in [2.45, 2.75) is 39.5 Å². The second-order valence-corrected chi connectivity index (χ2v) is 7.86. The lowest BCUT2D eigenvalue weighted by Crippen LogP contribution is -2.64. The lowest BCUT2D eigenvalue weighted by Gasteiger charge is -2.46. The van der Waals surface area contributed by atoms with Gasteiger partial charge < -0.3 is 13.0 Å². The average molecular weight is 246 g/mol. The second-order valence-electron chi connectivity index (χ2n) is 5.20. The van der Waals surface area contributed by atoms with Crippen molar-refractivity contribution in [3.8, 4) is 0 Å². The molecule has 1 fully saturated rings. The van der Waals surface area contributed by atoms with Gasteiger partial charge in [-0.25, -0.2) is 0 Å². The van der Waals surface area contributed by atoms with E-state index in [1.807, 2.05) is 14.2 Å². The van der Waals surface area contributed by atoms with Crippen molar-refractivity contribution in [2.24, 2.45) is 5.92 Å². The summed E-state index contributed by atoms with van der Waals surface area (Å²) in [6.07, 6.45) is 5.23. The Bertz CT molecular complexity index is 184. The number of piperidine rings is 1. The zero-order valence-electron chi connectivity index (χ0n) is 11.4. The van der Waals surface area contributed by atoms with Gasteiger partial charge in [0.25, 0.3) is 0 Å². The van der Waals surface area contributed by atoms with Crippen LogP contribution in [0.2, 0.25) is 0 Å². The monoisotopic (exact) mass is 246 g/mol. The summed E-state index contributed by atoms with van der Waals surface area (Å²) in [4.78, 5) is 0. The molecule has 0 aliphatic carbocycles. The number of hydrogen-bond donors (Lipinski definition) is 0. The zero-order valence-corrected chi connectivity index (χ0v) is 12.5. The highest BCUT2D eigenvalue weighted by Crippen LogP contribution is 2.26. The van der Waals surface area contributed by atoms with Crippen LogP contribution in [-0.4, -0.2) is 47.4 Å². The molecule has 1 saturated heterocycles. The topological polar surface area (TPSA) is 18.5 Å². The molecule has 3 nitrogen and oxygen atoms in total. The van der Waals surface area contributed by atoms with Gasteiger partial charge in [-0.3, -0.25) is 0 Å². The van der Waals surface area contributed by atoms with Gasteiger partial charge in [-0.1, -0.05) is 20.3 Å². The Hall–Kier alpha value is 0.0969. The van der Waals surface area contributed by atoms with E-state index in [-0.39, 0.29) is 0 Å². The molecule has 0 radical (unpaired) electrons. The first-order valence-electron chi connectivity index (χ1n) is 6.60. The molecule has 4 heteroatoms. The average Bonchev–Trinajstić information content (AvgIpc) is 2.31. The molecule has 0 N–H and O–H groups in total. The molecule has 0 spiro atoms. The van der Waals surface area contributed by atoms with Crippen molar-refractivity contribution in [3.63, 3.8) is 0 Å². The fraction of sp³-hybridized carbons (Fsp3) is 1.00. The van der Waals surface area contributed by atoms with Crippen molar-refractivity contribution < 1.29 is 13.0 Å². The van der Waals surface area contributed by atoms with E-state index in [1.54, 1.807) is 0 Å². The van der Waals surface area contributed by atoms with Crippen molar-refractivity contribution in [2.75, 3.05) is 33.9 Å². The van der Waals surface area contributed by atoms with Gasteiger partial charge in [-0.2, -0.15) is 0 Å². The van der Waals surface area contributed by atoms with Gasteiger partial charge in [0.1, 0.15) is 0 Å². The number of hydrogen-bond acceptors (Lipinski definition) is 2. The minimum atomic E-state index is -1.53. The van der Waals surface area contributed by atoms with E-state index in [0.717, 1.165) is 10.1 Å². The van der Waals surface area contributed by atoms with Crippen LogP contribution in [0.15, 0.2) is 0 Å². The van der Waals surface area contributed by atoms with Crippen LogP contribution in [-0.2, 0) is 8.85 Å². The van der Waals surface area contributed by atoms with Crippen LogP contribution >= 0.6 is 0 Å². The van der Waals surface area contributed by atoms with Crippen molar-refractivity contribution in [3.05, 3.63) is 0 Å². The Morgan fingerprint density at radius 1 is 1.19 bits per heavy atom. The molecule has 1 aliphatic rings. The summed E-state index contributed by atoms with van der Waals surface area (Å²) in [6, 6.07) is 0. The smallest absolute Gasteiger partial charge is 0.354 e. The van der Waals surface area contributed by atoms with Crippen LogP contribution in [0.4, 0.5) is 0 Å². The first-order chi connectivity index (χ1) is 7.68. The third-order valence-corrected chi connectivity index (χ3v) is 6.42. The first-order valence-corrected chi connectivity index (χ1v) is 8.05. The minimum Gasteiger partial charge on any atom is -0.354 e. The SMILES string of the molecule is CCCC[N+]1([SiH](OC)OC)CCC(C)CC1. The number of likely N-dealkylation sites (tertiary alicyclic amines) is 1. The Labute approximate surface area is 102 Å². The number of nitrogens with zero attached hydrogens (tertiary/aromatic N) is 1. The van der Waals surface area contributed by atoms with Gasteiger partial charge in [-0.05, 0) is 25.2 Å². The highest BCUT2D eigenvalue weighted by Gasteiger charge is 2.43. The molecule has 0 amide bonds. The maximum absolute atomic E-state index is 5.66. The minimum absolute atomic E-state index is 0.885. The molecule has 1 aliphatic heterocycles. The molecule has 0 aromatic heterocycles. The van der Waals surface area contributed by atoms with E-state index in [9.17, 15) is 0 Å². The number of rotatable bonds is 6. The van der Waals surface area contributed by atoms with E-state index in [0.29, 0.717) is 0 Å². The van der Waals surface area contributed by atoms with Gasteiger partial charge in [0, 0.05) is 14.2 Å². The van der Waals surface area contributed by atoms with Crippen molar-refractivity contribution in [1.29, 1.82) is 0 Å². The largest absolute Gasteiger partial charge is 0.586 e. The first kappa shape index (κ1) is 14.2. The molecule has 16 heavy (non-hydrogen) atoms. The zero-order chi connectivity index (χ0) is 12.0. The van der Waals surface area contributed by atoms with E-state index < -0.39 is 9.45 Å². The van der Waals surface area contributed by atoms with E-state index in [1.165, 1.54) is 45.3 Å². The van der Waals surface area contributed by atoms with Crippen LogP contribution in [0.5, 0.6) is 0 Å². The molecule has 96 valence electrons. The Morgan fingerprint density at radius 3 is 2.19 bits per heavy atom. The maximum atomic E-state index is 5.66. The third kappa shape index (κ3) is 3.29. The highest BCUT2D eigenvalue weighted by molar-refractivity contribution is 6.35. The molecule has 0 atom stereocenters. The van der Waals surface area contributed by atoms with E-state index >= 15 is 0 Å². The third-order valence-electron chi connectivity index (χ3n) is 3.94. The standard InChI is InChI=1S/C12H28NO2Si/c1-5-6-9-13(16(14-3)15-4)10-7-12(2)8-11-13/h12,16H,5-11H2,1-4H3/q+1.